The van der Waals surface area contributed by atoms with E-state index in [1.165, 1.54) is 6.42 Å². The minimum absolute atomic E-state index is 0.0470. The largest absolute Gasteiger partial charge is 0.385 e. The number of carbonyl (C=O) groups excluding carboxylic acids is 1. The number of hydrogen-bond donors (Lipinski definition) is 1. The summed E-state index contributed by atoms with van der Waals surface area (Å²) in [7, 11) is 3.50. The van der Waals surface area contributed by atoms with Crippen LogP contribution in [0.5, 0.6) is 0 Å². The predicted molar refractivity (Wildman–Crippen MR) is 55.3 cm³/mol. The first-order valence-electron chi connectivity index (χ1n) is 5.24. The molecule has 1 rings (SSSR count). The Kier molecular flexibility index (Phi) is 4.73. The van der Waals surface area contributed by atoms with Gasteiger partial charge in [-0.05, 0) is 25.7 Å². The van der Waals surface area contributed by atoms with E-state index in [1.54, 1.807) is 12.0 Å². The Labute approximate surface area is 85.6 Å². The Balaban J connectivity index is 2.08. The number of hydrogen-bond acceptors (Lipinski definition) is 2. The molecule has 0 aromatic rings. The molecule has 0 aromatic heterocycles. The topological polar surface area (TPSA) is 41.6 Å². The van der Waals surface area contributed by atoms with Crippen LogP contribution in [0.25, 0.3) is 0 Å². The Hall–Kier alpha value is -0.770. The molecule has 1 aliphatic rings. The summed E-state index contributed by atoms with van der Waals surface area (Å²) < 4.78 is 4.93. The highest BCUT2D eigenvalue weighted by Gasteiger charge is 2.20. The van der Waals surface area contributed by atoms with Gasteiger partial charge in [0, 0.05) is 33.4 Å². The third-order valence-electron chi connectivity index (χ3n) is 2.62. The van der Waals surface area contributed by atoms with Crippen molar-refractivity contribution in [3.05, 3.63) is 0 Å². The van der Waals surface area contributed by atoms with Crippen molar-refractivity contribution in [2.45, 2.75) is 31.7 Å². The van der Waals surface area contributed by atoms with Crippen LogP contribution in [0.3, 0.4) is 0 Å². The molecular weight excluding hydrogens is 180 g/mol. The first-order valence-corrected chi connectivity index (χ1v) is 5.24. The molecule has 14 heavy (non-hydrogen) atoms. The van der Waals surface area contributed by atoms with E-state index in [0.717, 1.165) is 25.8 Å². The highest BCUT2D eigenvalue weighted by Crippen LogP contribution is 2.17. The molecule has 1 aliphatic carbocycles. The molecule has 0 aromatic carbocycles. The number of methoxy groups -OCH3 is 1. The van der Waals surface area contributed by atoms with E-state index >= 15 is 0 Å². The molecule has 0 saturated heterocycles. The molecule has 82 valence electrons. The summed E-state index contributed by atoms with van der Waals surface area (Å²) in [5.41, 5.74) is 0. The van der Waals surface area contributed by atoms with Gasteiger partial charge in [0.25, 0.3) is 0 Å². The van der Waals surface area contributed by atoms with Crippen LogP contribution < -0.4 is 5.32 Å². The van der Waals surface area contributed by atoms with Crippen LogP contribution in [0, 0.1) is 0 Å². The third kappa shape index (κ3) is 3.54. The molecule has 0 bridgehead atoms. The van der Waals surface area contributed by atoms with Gasteiger partial charge in [-0.1, -0.05) is 0 Å². The molecule has 4 nitrogen and oxygen atoms in total. The third-order valence-corrected chi connectivity index (χ3v) is 2.62. The van der Waals surface area contributed by atoms with Gasteiger partial charge in [-0.2, -0.15) is 0 Å². The molecule has 0 atom stereocenters. The maximum atomic E-state index is 11.5. The molecule has 0 spiro atoms. The van der Waals surface area contributed by atoms with E-state index in [9.17, 15) is 4.79 Å². The lowest BCUT2D eigenvalue weighted by Crippen LogP contribution is -2.46. The molecule has 0 aliphatic heterocycles. The predicted octanol–water partition coefficient (Wildman–Crippen LogP) is 1.22. The molecule has 0 heterocycles. The van der Waals surface area contributed by atoms with Crippen LogP contribution in [0.4, 0.5) is 4.79 Å². The quantitative estimate of drug-likeness (QED) is 0.678. The first kappa shape index (κ1) is 11.3. The number of carbonyl (C=O) groups is 1. The van der Waals surface area contributed by atoms with Gasteiger partial charge in [-0.25, -0.2) is 4.79 Å². The summed E-state index contributed by atoms with van der Waals surface area (Å²) in [4.78, 5) is 13.2. The second-order valence-electron chi connectivity index (χ2n) is 3.85. The van der Waals surface area contributed by atoms with Crippen molar-refractivity contribution in [2.24, 2.45) is 0 Å². The first-order chi connectivity index (χ1) is 6.74. The summed E-state index contributed by atoms with van der Waals surface area (Å²) in [5.74, 6) is 0. The lowest BCUT2D eigenvalue weighted by atomic mass is 9.93. The van der Waals surface area contributed by atoms with E-state index in [-0.39, 0.29) is 6.03 Å². The molecule has 1 fully saturated rings. The van der Waals surface area contributed by atoms with Gasteiger partial charge in [0.15, 0.2) is 0 Å². The van der Waals surface area contributed by atoms with Crippen molar-refractivity contribution < 1.29 is 9.53 Å². The van der Waals surface area contributed by atoms with Gasteiger partial charge in [-0.3, -0.25) is 0 Å². The van der Waals surface area contributed by atoms with Gasteiger partial charge in [0.1, 0.15) is 0 Å². The van der Waals surface area contributed by atoms with Crippen LogP contribution in [0.2, 0.25) is 0 Å². The molecule has 0 unspecified atom stereocenters. The van der Waals surface area contributed by atoms with E-state index in [4.69, 9.17) is 4.74 Å². The maximum absolute atomic E-state index is 11.5. The maximum Gasteiger partial charge on any atom is 0.317 e. The fourth-order valence-electron chi connectivity index (χ4n) is 1.39. The highest BCUT2D eigenvalue weighted by atomic mass is 16.5. The van der Waals surface area contributed by atoms with Gasteiger partial charge >= 0.3 is 6.03 Å². The number of amides is 2. The second-order valence-corrected chi connectivity index (χ2v) is 3.85. The lowest BCUT2D eigenvalue weighted by Gasteiger charge is -2.29. The molecule has 0 radical (unpaired) electrons. The summed E-state index contributed by atoms with van der Waals surface area (Å²) in [6.45, 7) is 1.47. The Morgan fingerprint density at radius 1 is 1.57 bits per heavy atom. The minimum atomic E-state index is 0.0470. The number of rotatable bonds is 5. The number of ether oxygens (including phenoxy) is 1. The smallest absolute Gasteiger partial charge is 0.317 e. The van der Waals surface area contributed by atoms with Crippen LogP contribution in [-0.2, 0) is 4.74 Å². The van der Waals surface area contributed by atoms with Gasteiger partial charge in [0.05, 0.1) is 0 Å². The monoisotopic (exact) mass is 200 g/mol. The van der Waals surface area contributed by atoms with Crippen LogP contribution in [-0.4, -0.2) is 44.3 Å². The summed E-state index contributed by atoms with van der Waals surface area (Å²) in [6, 6.07) is 0.471. The molecular formula is C10H20N2O2. The fourth-order valence-corrected chi connectivity index (χ4v) is 1.39. The van der Waals surface area contributed by atoms with Crippen molar-refractivity contribution >= 4 is 6.03 Å². The van der Waals surface area contributed by atoms with Crippen molar-refractivity contribution in [3.63, 3.8) is 0 Å². The molecule has 1 N–H and O–H groups in total. The number of nitrogens with one attached hydrogen (secondary N) is 1. The van der Waals surface area contributed by atoms with Crippen LogP contribution >= 0.6 is 0 Å². The van der Waals surface area contributed by atoms with E-state index in [1.807, 2.05) is 7.05 Å². The van der Waals surface area contributed by atoms with Crippen LogP contribution in [0.1, 0.15) is 25.7 Å². The molecule has 2 amide bonds. The van der Waals surface area contributed by atoms with E-state index in [0.29, 0.717) is 12.6 Å². The zero-order valence-electron chi connectivity index (χ0n) is 9.08. The zero-order chi connectivity index (χ0) is 10.4. The van der Waals surface area contributed by atoms with Crippen molar-refractivity contribution in [3.8, 4) is 0 Å². The Morgan fingerprint density at radius 3 is 2.79 bits per heavy atom. The number of nitrogens with zero attached hydrogens (tertiary/aromatic N) is 1. The number of urea groups is 1. The van der Waals surface area contributed by atoms with E-state index < -0.39 is 0 Å². The molecule has 1 saturated carbocycles. The van der Waals surface area contributed by atoms with Crippen molar-refractivity contribution in [2.75, 3.05) is 27.3 Å². The summed E-state index contributed by atoms with van der Waals surface area (Å²) >= 11 is 0. The zero-order valence-corrected chi connectivity index (χ0v) is 9.08. The second kappa shape index (κ2) is 5.86. The lowest BCUT2D eigenvalue weighted by molar-refractivity contribution is 0.171. The van der Waals surface area contributed by atoms with Gasteiger partial charge < -0.3 is 15.0 Å². The van der Waals surface area contributed by atoms with Crippen molar-refractivity contribution in [1.82, 2.24) is 10.2 Å². The Bertz CT molecular complexity index is 181. The standard InChI is InChI=1S/C10H20N2O2/c1-12(7-4-8-14-2)10(13)11-9-5-3-6-9/h9H,3-8H2,1-2H3,(H,11,13). The fraction of sp³-hybridized carbons (Fsp3) is 0.900. The average Bonchev–Trinajstić information content (AvgIpc) is 2.11. The van der Waals surface area contributed by atoms with Crippen LogP contribution in [0.15, 0.2) is 0 Å². The SMILES string of the molecule is COCCCN(C)C(=O)NC1CCC1. The Morgan fingerprint density at radius 2 is 2.29 bits per heavy atom. The normalized spacial score (nSPS) is 16.1. The van der Waals surface area contributed by atoms with Gasteiger partial charge in [0.2, 0.25) is 0 Å². The van der Waals surface area contributed by atoms with Gasteiger partial charge in [-0.15, -0.1) is 0 Å². The highest BCUT2D eigenvalue weighted by molar-refractivity contribution is 5.74. The average molecular weight is 200 g/mol. The minimum Gasteiger partial charge on any atom is -0.385 e. The van der Waals surface area contributed by atoms with E-state index in [2.05, 4.69) is 5.32 Å². The van der Waals surface area contributed by atoms with Crippen molar-refractivity contribution in [1.29, 1.82) is 0 Å². The summed E-state index contributed by atoms with van der Waals surface area (Å²) in [5, 5.41) is 2.99. The summed E-state index contributed by atoms with van der Waals surface area (Å²) in [6.07, 6.45) is 4.42. The molecule has 4 heteroatoms.